The number of methoxy groups -OCH3 is 1. The number of ether oxygens (including phenoxy) is 2. The molecule has 0 aliphatic carbocycles. The van der Waals surface area contributed by atoms with E-state index >= 15 is 0 Å². The molecule has 2 saturated heterocycles. The quantitative estimate of drug-likeness (QED) is 0.445. The number of hydrogen-bond donors (Lipinski definition) is 0. The lowest BCUT2D eigenvalue weighted by Crippen LogP contribution is -2.48. The highest BCUT2D eigenvalue weighted by Gasteiger charge is 2.54. The van der Waals surface area contributed by atoms with Crippen LogP contribution in [0.1, 0.15) is 6.92 Å². The lowest BCUT2D eigenvalue weighted by molar-refractivity contribution is -0.110. The van der Waals surface area contributed by atoms with Crippen molar-refractivity contribution in [2.45, 2.75) is 24.6 Å². The van der Waals surface area contributed by atoms with E-state index in [1.165, 1.54) is 7.57 Å². The molecule has 0 amide bonds. The summed E-state index contributed by atoms with van der Waals surface area (Å²) >= 11 is 0. The first-order valence-electron chi connectivity index (χ1n) is 5.47. The average Bonchev–Trinajstić information content (AvgIpc) is 2.45. The molecule has 0 N–H and O–H groups in total. The van der Waals surface area contributed by atoms with Crippen LogP contribution >= 0.6 is 7.47 Å². The maximum Gasteiger partial charge on any atom is 0.270 e. The van der Waals surface area contributed by atoms with Gasteiger partial charge in [0.1, 0.15) is 13.4 Å². The third kappa shape index (κ3) is 2.00. The van der Waals surface area contributed by atoms with Crippen molar-refractivity contribution >= 4 is 22.9 Å². The Morgan fingerprint density at radius 3 is 2.44 bits per heavy atom. The molecule has 2 heterocycles. The van der Waals surface area contributed by atoms with Crippen LogP contribution in [0.4, 0.5) is 0 Å². The molecule has 90 valence electrons. The molecular formula is C8H17B2O5P. The first-order chi connectivity index (χ1) is 7.40. The summed E-state index contributed by atoms with van der Waals surface area (Å²) in [6.45, 7) is 2.68. The Hall–Kier alpha value is 0.200. The van der Waals surface area contributed by atoms with Crippen LogP contribution in [0.5, 0.6) is 0 Å². The second kappa shape index (κ2) is 4.14. The second-order valence-corrected chi connectivity index (χ2v) is 6.75. The van der Waals surface area contributed by atoms with Crippen LogP contribution in [0.3, 0.4) is 0 Å². The third-order valence-corrected chi connectivity index (χ3v) is 4.76. The molecule has 2 aliphatic rings. The van der Waals surface area contributed by atoms with Crippen LogP contribution in [0.15, 0.2) is 0 Å². The Morgan fingerprint density at radius 2 is 2.00 bits per heavy atom. The molecule has 2 aliphatic heterocycles. The van der Waals surface area contributed by atoms with E-state index in [2.05, 4.69) is 6.92 Å². The maximum atomic E-state index is 11.6. The van der Waals surface area contributed by atoms with Crippen LogP contribution < -0.4 is 0 Å². The van der Waals surface area contributed by atoms with Crippen molar-refractivity contribution in [2.75, 3.05) is 20.3 Å². The van der Waals surface area contributed by atoms with Crippen LogP contribution in [0, 0.1) is 5.92 Å². The molecule has 8 heteroatoms. The summed E-state index contributed by atoms with van der Waals surface area (Å²) in [5.74, 6) is 0.160. The predicted octanol–water partition coefficient (Wildman–Crippen LogP) is -0.846. The topological polar surface area (TPSA) is 54.0 Å². The van der Waals surface area contributed by atoms with Gasteiger partial charge < -0.3 is 18.5 Å². The summed E-state index contributed by atoms with van der Waals surface area (Å²) in [6.07, 6.45) is 0.0292. The fourth-order valence-corrected chi connectivity index (χ4v) is 3.49. The fraction of sp³-hybridized carbons (Fsp3) is 1.00. The van der Waals surface area contributed by atoms with Gasteiger partial charge in [-0.25, -0.2) is 0 Å². The van der Waals surface area contributed by atoms with Crippen LogP contribution in [0.2, 0.25) is 0 Å². The van der Waals surface area contributed by atoms with Gasteiger partial charge in [0.2, 0.25) is 0 Å². The summed E-state index contributed by atoms with van der Waals surface area (Å²) in [7, 11) is 2.27. The average molecular weight is 246 g/mol. The maximum absolute atomic E-state index is 11.6. The molecule has 3 atom stereocenters. The number of hydrogen-bond acceptors (Lipinski definition) is 5. The van der Waals surface area contributed by atoms with E-state index < -0.39 is 13.1 Å². The van der Waals surface area contributed by atoms with Crippen molar-refractivity contribution in [3.05, 3.63) is 0 Å². The van der Waals surface area contributed by atoms with Crippen LogP contribution in [-0.4, -0.2) is 53.4 Å². The molecule has 0 bridgehead atoms. The minimum Gasteiger partial charge on any atom is -0.379 e. The van der Waals surface area contributed by atoms with E-state index in [4.69, 9.17) is 18.5 Å². The summed E-state index contributed by atoms with van der Waals surface area (Å²) < 4.78 is 33.4. The Labute approximate surface area is 97.5 Å². The molecule has 0 saturated carbocycles. The minimum atomic E-state index is -2.86. The first-order valence-corrected chi connectivity index (χ1v) is 7.46. The molecule has 1 unspecified atom stereocenters. The van der Waals surface area contributed by atoms with Gasteiger partial charge in [-0.15, -0.1) is 0 Å². The van der Waals surface area contributed by atoms with Crippen LogP contribution in [-0.2, 0) is 23.1 Å². The van der Waals surface area contributed by atoms with E-state index in [1.54, 1.807) is 7.11 Å². The summed E-state index contributed by atoms with van der Waals surface area (Å²) in [5, 5.41) is 0. The van der Waals surface area contributed by atoms with Gasteiger partial charge >= 0.3 is 0 Å². The van der Waals surface area contributed by atoms with Gasteiger partial charge in [0, 0.05) is 13.0 Å². The number of rotatable bonds is 1. The van der Waals surface area contributed by atoms with Crippen molar-refractivity contribution in [2.24, 2.45) is 5.92 Å². The molecule has 0 aromatic rings. The molecule has 0 aromatic heterocycles. The predicted molar refractivity (Wildman–Crippen MR) is 64.2 cm³/mol. The zero-order valence-electron chi connectivity index (χ0n) is 10.1. The highest BCUT2D eigenvalue weighted by Crippen LogP contribution is 2.52. The SMILES string of the molecule is B[C@@H]1OC2(COP(B)(=O)OC2)C(C)[C@@H]1OC. The Morgan fingerprint density at radius 1 is 1.44 bits per heavy atom. The van der Waals surface area contributed by atoms with Gasteiger partial charge in [-0.1, -0.05) is 6.92 Å². The van der Waals surface area contributed by atoms with Gasteiger partial charge in [0.25, 0.3) is 15.0 Å². The molecule has 16 heavy (non-hydrogen) atoms. The van der Waals surface area contributed by atoms with E-state index in [1.807, 2.05) is 7.85 Å². The van der Waals surface area contributed by atoms with Crippen molar-refractivity contribution in [1.29, 1.82) is 0 Å². The van der Waals surface area contributed by atoms with Crippen molar-refractivity contribution in [3.63, 3.8) is 0 Å². The summed E-state index contributed by atoms with van der Waals surface area (Å²) in [4.78, 5) is 0. The summed E-state index contributed by atoms with van der Waals surface area (Å²) in [6, 6.07) is 0.00143. The fourth-order valence-electron chi connectivity index (χ4n) is 2.51. The lowest BCUT2D eigenvalue weighted by Gasteiger charge is -2.38. The molecule has 1 spiro atoms. The highest BCUT2D eigenvalue weighted by molar-refractivity contribution is 7.79. The highest BCUT2D eigenvalue weighted by atomic mass is 31.2. The second-order valence-electron chi connectivity index (χ2n) is 4.69. The molecule has 0 aromatic carbocycles. The largest absolute Gasteiger partial charge is 0.379 e. The van der Waals surface area contributed by atoms with Crippen LogP contribution in [0.25, 0.3) is 0 Å². The Balaban J connectivity index is 2.13. The normalized spacial score (nSPS) is 53.2. The van der Waals surface area contributed by atoms with Gasteiger partial charge in [0.05, 0.1) is 25.3 Å². The summed E-state index contributed by atoms with van der Waals surface area (Å²) in [5.41, 5.74) is -0.510. The van der Waals surface area contributed by atoms with Gasteiger partial charge in [-0.05, 0) is 0 Å². The molecule has 2 rings (SSSR count). The Bertz CT molecular complexity index is 314. The smallest absolute Gasteiger partial charge is 0.270 e. The molecular weight excluding hydrogens is 229 g/mol. The first kappa shape index (κ1) is 12.7. The van der Waals surface area contributed by atoms with Crippen molar-refractivity contribution in [1.82, 2.24) is 0 Å². The van der Waals surface area contributed by atoms with E-state index in [-0.39, 0.29) is 18.0 Å². The monoisotopic (exact) mass is 246 g/mol. The van der Waals surface area contributed by atoms with Gasteiger partial charge in [-0.2, -0.15) is 0 Å². The zero-order chi connectivity index (χ0) is 12.0. The van der Waals surface area contributed by atoms with Crippen molar-refractivity contribution < 1.29 is 23.1 Å². The lowest BCUT2D eigenvalue weighted by atomic mass is 9.83. The third-order valence-electron chi connectivity index (χ3n) is 3.56. The van der Waals surface area contributed by atoms with E-state index in [9.17, 15) is 4.57 Å². The minimum absolute atomic E-state index is 0.00143. The molecule has 5 nitrogen and oxygen atoms in total. The van der Waals surface area contributed by atoms with Gasteiger partial charge in [-0.3, -0.25) is 4.57 Å². The van der Waals surface area contributed by atoms with E-state index in [0.717, 1.165) is 0 Å². The molecule has 0 radical (unpaired) electrons. The molecule has 2 fully saturated rings. The Kier molecular flexibility index (Phi) is 3.28. The standard InChI is InChI=1S/C8H17B2O5P/c1-5-6(12-2)7(9)15-8(5)3-13-16(10,11)14-4-8/h5-7H,3-4,9-10H2,1-2H3/t5?,6-,7+,8?,16?/m0/s1. The zero-order valence-corrected chi connectivity index (χ0v) is 11.0. The van der Waals surface area contributed by atoms with Gasteiger partial charge in [0.15, 0.2) is 0 Å². The van der Waals surface area contributed by atoms with Crippen molar-refractivity contribution in [3.8, 4) is 0 Å². The van der Waals surface area contributed by atoms with E-state index in [0.29, 0.717) is 13.2 Å².